The average molecular weight is 363 g/mol. The molecule has 6 heteroatoms. The fourth-order valence-electron chi connectivity index (χ4n) is 2.59. The molecule has 27 heavy (non-hydrogen) atoms. The fraction of sp³-hybridized carbons (Fsp3) is 0.190. The van der Waals surface area contributed by atoms with Gasteiger partial charge in [0.2, 0.25) is 5.78 Å². The van der Waals surface area contributed by atoms with E-state index >= 15 is 0 Å². The van der Waals surface area contributed by atoms with Crippen LogP contribution in [0.15, 0.2) is 60.9 Å². The number of anilines is 1. The molecule has 0 saturated carbocycles. The summed E-state index contributed by atoms with van der Waals surface area (Å²) in [5.41, 5.74) is 2.32. The number of benzene rings is 2. The molecule has 1 aromatic heterocycles. The van der Waals surface area contributed by atoms with Crippen molar-refractivity contribution in [1.82, 2.24) is 9.55 Å². The third-order valence-corrected chi connectivity index (χ3v) is 4.16. The van der Waals surface area contributed by atoms with Gasteiger partial charge in [-0.2, -0.15) is 0 Å². The molecule has 0 aliphatic carbocycles. The predicted molar refractivity (Wildman–Crippen MR) is 103 cm³/mol. The van der Waals surface area contributed by atoms with Gasteiger partial charge >= 0.3 is 0 Å². The molecule has 0 spiro atoms. The molecule has 3 aromatic rings. The maximum Gasteiger partial charge on any atom is 0.262 e. The number of imidazole rings is 1. The monoisotopic (exact) mass is 363 g/mol. The van der Waals surface area contributed by atoms with Crippen LogP contribution in [0, 0.1) is 0 Å². The number of aromatic nitrogens is 2. The smallest absolute Gasteiger partial charge is 0.262 e. The van der Waals surface area contributed by atoms with Crippen LogP contribution in [-0.4, -0.2) is 27.8 Å². The summed E-state index contributed by atoms with van der Waals surface area (Å²) in [6.45, 7) is 2.00. The van der Waals surface area contributed by atoms with Gasteiger partial charge in [0.1, 0.15) is 5.75 Å². The molecule has 1 heterocycles. The van der Waals surface area contributed by atoms with Crippen molar-refractivity contribution >= 4 is 17.4 Å². The summed E-state index contributed by atoms with van der Waals surface area (Å²) >= 11 is 0. The fourth-order valence-corrected chi connectivity index (χ4v) is 2.59. The first kappa shape index (κ1) is 18.4. The normalized spacial score (nSPS) is 10.4. The Labute approximate surface area is 157 Å². The lowest BCUT2D eigenvalue weighted by molar-refractivity contribution is -0.118. The van der Waals surface area contributed by atoms with E-state index in [2.05, 4.69) is 17.2 Å². The third kappa shape index (κ3) is 4.61. The number of ether oxygens (including phenoxy) is 1. The number of hydrogen-bond donors (Lipinski definition) is 1. The molecule has 0 aliphatic heterocycles. The lowest BCUT2D eigenvalue weighted by Gasteiger charge is -2.08. The zero-order valence-electron chi connectivity index (χ0n) is 15.3. The highest BCUT2D eigenvalue weighted by molar-refractivity contribution is 6.07. The van der Waals surface area contributed by atoms with Crippen molar-refractivity contribution in [3.63, 3.8) is 0 Å². The Morgan fingerprint density at radius 2 is 1.78 bits per heavy atom. The average Bonchev–Trinajstić information content (AvgIpc) is 3.12. The predicted octanol–water partition coefficient (Wildman–Crippen LogP) is 3.23. The van der Waals surface area contributed by atoms with Crippen molar-refractivity contribution in [2.75, 3.05) is 11.9 Å². The molecule has 0 radical (unpaired) electrons. The Bertz CT molecular complexity index is 928. The summed E-state index contributed by atoms with van der Waals surface area (Å²) in [7, 11) is 1.77. The number of nitrogens with one attached hydrogen (secondary N) is 1. The molecular weight excluding hydrogens is 342 g/mol. The zero-order chi connectivity index (χ0) is 19.2. The number of ketones is 1. The number of carbonyl (C=O) groups is 2. The number of aryl methyl sites for hydroxylation is 2. The van der Waals surface area contributed by atoms with E-state index in [0.717, 1.165) is 6.42 Å². The summed E-state index contributed by atoms with van der Waals surface area (Å²) in [5.74, 6) is 0.588. The molecule has 0 aliphatic rings. The van der Waals surface area contributed by atoms with Gasteiger partial charge in [-0.15, -0.1) is 0 Å². The summed E-state index contributed by atoms with van der Waals surface area (Å²) in [4.78, 5) is 28.5. The Kier molecular flexibility index (Phi) is 5.66. The minimum atomic E-state index is -0.266. The van der Waals surface area contributed by atoms with Gasteiger partial charge in [-0.3, -0.25) is 9.59 Å². The van der Waals surface area contributed by atoms with E-state index in [1.807, 2.05) is 24.3 Å². The van der Waals surface area contributed by atoms with Crippen LogP contribution >= 0.6 is 0 Å². The molecule has 0 saturated heterocycles. The number of nitrogens with zero attached hydrogens (tertiary/aromatic N) is 2. The van der Waals surface area contributed by atoms with Gasteiger partial charge in [0.25, 0.3) is 5.91 Å². The first-order valence-electron chi connectivity index (χ1n) is 8.70. The van der Waals surface area contributed by atoms with Crippen LogP contribution in [0.3, 0.4) is 0 Å². The van der Waals surface area contributed by atoms with Crippen LogP contribution in [0.4, 0.5) is 5.69 Å². The summed E-state index contributed by atoms with van der Waals surface area (Å²) in [6.07, 6.45) is 4.26. The van der Waals surface area contributed by atoms with E-state index in [-0.39, 0.29) is 18.3 Å². The van der Waals surface area contributed by atoms with Crippen molar-refractivity contribution in [3.05, 3.63) is 77.9 Å². The van der Waals surface area contributed by atoms with Crippen LogP contribution in [0.2, 0.25) is 0 Å². The SMILES string of the molecule is CCc1ccc(OCC(=O)Nc2ccc(C(=O)c3nccn3C)cc2)cc1. The Hall–Kier alpha value is -3.41. The summed E-state index contributed by atoms with van der Waals surface area (Å²) in [6, 6.07) is 14.4. The minimum absolute atomic E-state index is 0.0839. The first-order chi connectivity index (χ1) is 13.1. The molecule has 2 aromatic carbocycles. The molecule has 1 amide bonds. The second-order valence-corrected chi connectivity index (χ2v) is 6.10. The van der Waals surface area contributed by atoms with E-state index < -0.39 is 0 Å². The van der Waals surface area contributed by atoms with Crippen molar-refractivity contribution in [2.45, 2.75) is 13.3 Å². The van der Waals surface area contributed by atoms with E-state index in [1.165, 1.54) is 5.56 Å². The van der Waals surface area contributed by atoms with Gasteiger partial charge < -0.3 is 14.6 Å². The quantitative estimate of drug-likeness (QED) is 0.654. The second kappa shape index (κ2) is 8.31. The topological polar surface area (TPSA) is 73.2 Å². The van der Waals surface area contributed by atoms with Crippen LogP contribution < -0.4 is 10.1 Å². The van der Waals surface area contributed by atoms with Gasteiger partial charge in [-0.1, -0.05) is 19.1 Å². The largest absolute Gasteiger partial charge is 0.484 e. The summed E-state index contributed by atoms with van der Waals surface area (Å²) < 4.78 is 7.16. The van der Waals surface area contributed by atoms with Crippen molar-refractivity contribution in [2.24, 2.45) is 7.05 Å². The zero-order valence-corrected chi connectivity index (χ0v) is 15.3. The summed E-state index contributed by atoms with van der Waals surface area (Å²) in [5, 5.41) is 2.75. The van der Waals surface area contributed by atoms with Crippen LogP contribution in [0.25, 0.3) is 0 Å². The van der Waals surface area contributed by atoms with Gasteiger partial charge in [-0.25, -0.2) is 4.98 Å². The third-order valence-electron chi connectivity index (χ3n) is 4.16. The molecule has 138 valence electrons. The van der Waals surface area contributed by atoms with E-state index in [4.69, 9.17) is 4.74 Å². The maximum atomic E-state index is 12.4. The van der Waals surface area contributed by atoms with Crippen molar-refractivity contribution in [3.8, 4) is 5.75 Å². The van der Waals surface area contributed by atoms with Crippen molar-refractivity contribution < 1.29 is 14.3 Å². The molecule has 0 unspecified atom stereocenters. The molecule has 6 nitrogen and oxygen atoms in total. The lowest BCUT2D eigenvalue weighted by Crippen LogP contribution is -2.20. The molecule has 0 bridgehead atoms. The highest BCUT2D eigenvalue weighted by atomic mass is 16.5. The first-order valence-corrected chi connectivity index (χ1v) is 8.70. The number of hydrogen-bond acceptors (Lipinski definition) is 4. The molecule has 0 fully saturated rings. The molecule has 0 atom stereocenters. The molecular formula is C21H21N3O3. The van der Waals surface area contributed by atoms with Crippen LogP contribution in [0.5, 0.6) is 5.75 Å². The van der Waals surface area contributed by atoms with Crippen LogP contribution in [-0.2, 0) is 18.3 Å². The van der Waals surface area contributed by atoms with Crippen LogP contribution in [0.1, 0.15) is 28.7 Å². The van der Waals surface area contributed by atoms with Gasteiger partial charge in [-0.05, 0) is 48.4 Å². The Morgan fingerprint density at radius 3 is 2.37 bits per heavy atom. The second-order valence-electron chi connectivity index (χ2n) is 6.10. The lowest BCUT2D eigenvalue weighted by atomic mass is 10.1. The number of carbonyl (C=O) groups excluding carboxylic acids is 2. The minimum Gasteiger partial charge on any atom is -0.484 e. The van der Waals surface area contributed by atoms with E-state index in [0.29, 0.717) is 22.8 Å². The molecule has 1 N–H and O–H groups in total. The Morgan fingerprint density at radius 1 is 1.07 bits per heavy atom. The van der Waals surface area contributed by atoms with Crippen molar-refractivity contribution in [1.29, 1.82) is 0 Å². The standard InChI is InChI=1S/C21H21N3O3/c1-3-15-4-10-18(11-5-15)27-14-19(25)23-17-8-6-16(7-9-17)20(26)21-22-12-13-24(21)2/h4-13H,3,14H2,1-2H3,(H,23,25). The van der Waals surface area contributed by atoms with Gasteiger partial charge in [0.15, 0.2) is 12.4 Å². The van der Waals surface area contributed by atoms with Gasteiger partial charge in [0.05, 0.1) is 0 Å². The van der Waals surface area contributed by atoms with E-state index in [1.54, 1.807) is 48.3 Å². The highest BCUT2D eigenvalue weighted by Crippen LogP contribution is 2.14. The maximum absolute atomic E-state index is 12.4. The highest BCUT2D eigenvalue weighted by Gasteiger charge is 2.13. The Balaban J connectivity index is 1.55. The number of rotatable bonds is 7. The van der Waals surface area contributed by atoms with E-state index in [9.17, 15) is 9.59 Å². The number of amides is 1. The van der Waals surface area contributed by atoms with Gasteiger partial charge in [0, 0.05) is 30.7 Å². The molecule has 3 rings (SSSR count).